The average molecular weight is 481 g/mol. The second-order valence-corrected chi connectivity index (χ2v) is 9.82. The molecular formula is C24H30Cl2N2O2S. The normalized spacial score (nSPS) is 12.0. The molecule has 0 radical (unpaired) electrons. The first-order valence-corrected chi connectivity index (χ1v) is 12.2. The Bertz CT molecular complexity index is 885. The van der Waals surface area contributed by atoms with Crippen LogP contribution in [-0.4, -0.2) is 35.1 Å². The number of rotatable bonds is 10. The van der Waals surface area contributed by atoms with Crippen molar-refractivity contribution in [3.05, 3.63) is 69.2 Å². The van der Waals surface area contributed by atoms with E-state index in [1.54, 1.807) is 30.0 Å². The molecule has 7 heteroatoms. The van der Waals surface area contributed by atoms with Gasteiger partial charge in [-0.1, -0.05) is 72.9 Å². The summed E-state index contributed by atoms with van der Waals surface area (Å²) in [5, 5.41) is 3.87. The molecule has 0 saturated carbocycles. The van der Waals surface area contributed by atoms with Crippen LogP contribution in [0.2, 0.25) is 10.0 Å². The lowest BCUT2D eigenvalue weighted by Crippen LogP contribution is -2.48. The van der Waals surface area contributed by atoms with Crippen LogP contribution < -0.4 is 5.32 Å². The number of nitrogens with one attached hydrogen (secondary N) is 1. The first-order chi connectivity index (χ1) is 14.7. The molecule has 168 valence electrons. The van der Waals surface area contributed by atoms with Gasteiger partial charge in [-0.05, 0) is 37.5 Å². The quantitative estimate of drug-likeness (QED) is 0.472. The van der Waals surface area contributed by atoms with Gasteiger partial charge in [0.25, 0.3) is 0 Å². The smallest absolute Gasteiger partial charge is 0.242 e. The lowest BCUT2D eigenvalue weighted by atomic mass is 10.1. The largest absolute Gasteiger partial charge is 0.354 e. The van der Waals surface area contributed by atoms with Gasteiger partial charge in [0, 0.05) is 34.5 Å². The lowest BCUT2D eigenvalue weighted by Gasteiger charge is -2.29. The topological polar surface area (TPSA) is 49.4 Å². The zero-order chi connectivity index (χ0) is 23.0. The maximum Gasteiger partial charge on any atom is 0.242 e. The number of amides is 2. The van der Waals surface area contributed by atoms with Crippen LogP contribution in [0.4, 0.5) is 0 Å². The minimum absolute atomic E-state index is 0.124. The minimum atomic E-state index is -0.641. The zero-order valence-electron chi connectivity index (χ0n) is 18.5. The van der Waals surface area contributed by atoms with E-state index < -0.39 is 6.04 Å². The Hall–Kier alpha value is -1.69. The van der Waals surface area contributed by atoms with Crippen molar-refractivity contribution in [2.24, 2.45) is 5.92 Å². The molecule has 0 heterocycles. The Morgan fingerprint density at radius 2 is 1.71 bits per heavy atom. The van der Waals surface area contributed by atoms with Gasteiger partial charge in [0.15, 0.2) is 0 Å². The van der Waals surface area contributed by atoms with Gasteiger partial charge in [-0.25, -0.2) is 0 Å². The van der Waals surface area contributed by atoms with Gasteiger partial charge >= 0.3 is 0 Å². The Morgan fingerprint density at radius 3 is 2.32 bits per heavy atom. The Balaban J connectivity index is 2.13. The van der Waals surface area contributed by atoms with Crippen molar-refractivity contribution in [2.75, 3.05) is 12.3 Å². The molecule has 0 bridgehead atoms. The number of carbonyl (C=O) groups excluding carboxylic acids is 2. The second-order valence-electron chi connectivity index (χ2n) is 8.02. The molecule has 0 fully saturated rings. The summed E-state index contributed by atoms with van der Waals surface area (Å²) in [6.07, 6.45) is 0. The van der Waals surface area contributed by atoms with E-state index in [0.717, 1.165) is 5.75 Å². The number of aryl methyl sites for hydroxylation is 1. The van der Waals surface area contributed by atoms with Crippen molar-refractivity contribution in [3.8, 4) is 0 Å². The summed E-state index contributed by atoms with van der Waals surface area (Å²) in [5.74, 6) is 0.998. The summed E-state index contributed by atoms with van der Waals surface area (Å²) in [7, 11) is 0. The van der Waals surface area contributed by atoms with E-state index in [1.807, 2.05) is 39.0 Å². The van der Waals surface area contributed by atoms with Gasteiger partial charge in [0.05, 0.1) is 5.75 Å². The van der Waals surface area contributed by atoms with Crippen molar-refractivity contribution < 1.29 is 9.59 Å². The van der Waals surface area contributed by atoms with Crippen LogP contribution in [0, 0.1) is 12.8 Å². The summed E-state index contributed by atoms with van der Waals surface area (Å²) in [6.45, 7) is 8.58. The summed E-state index contributed by atoms with van der Waals surface area (Å²) < 4.78 is 0. The molecule has 1 atom stereocenters. The first kappa shape index (κ1) is 25.6. The number of benzene rings is 2. The summed E-state index contributed by atoms with van der Waals surface area (Å²) >= 11 is 14.2. The minimum Gasteiger partial charge on any atom is -0.354 e. The monoisotopic (exact) mass is 480 g/mol. The molecule has 2 rings (SSSR count). The van der Waals surface area contributed by atoms with Gasteiger partial charge in [0.1, 0.15) is 6.04 Å². The Morgan fingerprint density at radius 1 is 1.06 bits per heavy atom. The molecule has 0 aliphatic rings. The second kappa shape index (κ2) is 12.4. The molecular weight excluding hydrogens is 451 g/mol. The van der Waals surface area contributed by atoms with Crippen LogP contribution in [0.5, 0.6) is 0 Å². The molecule has 2 amide bonds. The van der Waals surface area contributed by atoms with Crippen molar-refractivity contribution in [2.45, 2.75) is 46.0 Å². The van der Waals surface area contributed by atoms with Gasteiger partial charge < -0.3 is 10.2 Å². The van der Waals surface area contributed by atoms with Crippen LogP contribution in [-0.2, 0) is 21.9 Å². The molecule has 0 aliphatic heterocycles. The zero-order valence-corrected chi connectivity index (χ0v) is 20.8. The van der Waals surface area contributed by atoms with Crippen LogP contribution in [0.1, 0.15) is 37.5 Å². The highest BCUT2D eigenvalue weighted by Crippen LogP contribution is 2.27. The molecule has 0 saturated heterocycles. The Kier molecular flexibility index (Phi) is 10.2. The predicted molar refractivity (Wildman–Crippen MR) is 132 cm³/mol. The first-order valence-electron chi connectivity index (χ1n) is 10.3. The van der Waals surface area contributed by atoms with Gasteiger partial charge in [-0.15, -0.1) is 11.8 Å². The van der Waals surface area contributed by atoms with Crippen molar-refractivity contribution in [1.29, 1.82) is 0 Å². The number of hydrogen-bond acceptors (Lipinski definition) is 3. The lowest BCUT2D eigenvalue weighted by molar-refractivity contribution is -0.138. The number of carbonyl (C=O) groups is 2. The molecule has 1 N–H and O–H groups in total. The average Bonchev–Trinajstić information content (AvgIpc) is 2.71. The maximum atomic E-state index is 13.2. The summed E-state index contributed by atoms with van der Waals surface area (Å²) in [6, 6.07) is 12.8. The molecule has 0 spiro atoms. The highest BCUT2D eigenvalue weighted by molar-refractivity contribution is 7.99. The SMILES string of the molecule is Cc1cccc(CSCC(=O)N(Cc2c(Cl)cccc2Cl)[C@H](C)C(=O)NCC(C)C)c1. The van der Waals surface area contributed by atoms with Gasteiger partial charge in [-0.2, -0.15) is 0 Å². The predicted octanol–water partition coefficient (Wildman–Crippen LogP) is 5.72. The van der Waals surface area contributed by atoms with E-state index in [2.05, 4.69) is 11.4 Å². The summed E-state index contributed by atoms with van der Waals surface area (Å²) in [5.41, 5.74) is 3.00. The van der Waals surface area contributed by atoms with E-state index in [0.29, 0.717) is 28.1 Å². The number of halogens is 2. The highest BCUT2D eigenvalue weighted by Gasteiger charge is 2.27. The third-order valence-electron chi connectivity index (χ3n) is 4.82. The van der Waals surface area contributed by atoms with E-state index in [4.69, 9.17) is 23.2 Å². The molecule has 0 unspecified atom stereocenters. The van der Waals surface area contributed by atoms with Crippen LogP contribution in [0.25, 0.3) is 0 Å². The van der Waals surface area contributed by atoms with Gasteiger partial charge in [0.2, 0.25) is 11.8 Å². The van der Waals surface area contributed by atoms with E-state index >= 15 is 0 Å². The highest BCUT2D eigenvalue weighted by atomic mass is 35.5. The number of thioether (sulfide) groups is 1. The number of hydrogen-bond donors (Lipinski definition) is 1. The van der Waals surface area contributed by atoms with E-state index in [-0.39, 0.29) is 24.1 Å². The molecule has 2 aromatic carbocycles. The molecule has 0 aromatic heterocycles. The third-order valence-corrected chi connectivity index (χ3v) is 6.52. The fourth-order valence-corrected chi connectivity index (χ4v) is 4.40. The standard InChI is InChI=1S/C24H30Cl2N2O2S/c1-16(2)12-27-24(30)18(4)28(13-20-21(25)9-6-10-22(20)26)23(29)15-31-14-19-8-5-7-17(3)11-19/h5-11,16,18H,12-15H2,1-4H3,(H,27,30)/t18-/m1/s1. The third kappa shape index (κ3) is 8.06. The van der Waals surface area contributed by atoms with E-state index in [9.17, 15) is 9.59 Å². The van der Waals surface area contributed by atoms with Crippen LogP contribution >= 0.6 is 35.0 Å². The van der Waals surface area contributed by atoms with Crippen LogP contribution in [0.15, 0.2) is 42.5 Å². The van der Waals surface area contributed by atoms with Crippen molar-refractivity contribution >= 4 is 46.8 Å². The molecule has 31 heavy (non-hydrogen) atoms. The molecule has 4 nitrogen and oxygen atoms in total. The maximum absolute atomic E-state index is 13.2. The van der Waals surface area contributed by atoms with E-state index in [1.165, 1.54) is 22.9 Å². The van der Waals surface area contributed by atoms with Crippen molar-refractivity contribution in [1.82, 2.24) is 10.2 Å². The Labute approximate surface area is 199 Å². The number of nitrogens with zero attached hydrogens (tertiary/aromatic N) is 1. The fraction of sp³-hybridized carbons (Fsp3) is 0.417. The fourth-order valence-electron chi connectivity index (χ4n) is 3.03. The molecule has 2 aromatic rings. The van der Waals surface area contributed by atoms with Gasteiger partial charge in [-0.3, -0.25) is 9.59 Å². The van der Waals surface area contributed by atoms with Crippen molar-refractivity contribution in [3.63, 3.8) is 0 Å². The van der Waals surface area contributed by atoms with Crippen LogP contribution in [0.3, 0.4) is 0 Å². The summed E-state index contributed by atoms with van der Waals surface area (Å²) in [4.78, 5) is 27.4. The molecule has 0 aliphatic carbocycles.